The summed E-state index contributed by atoms with van der Waals surface area (Å²) in [6.07, 6.45) is 1.93. The monoisotopic (exact) mass is 552 g/mol. The minimum atomic E-state index is -0.757. The first-order valence-electron chi connectivity index (χ1n) is 14.5. The summed E-state index contributed by atoms with van der Waals surface area (Å²) < 4.78 is 0. The molecule has 8 nitrogen and oxygen atoms in total. The molecule has 2 atom stereocenters. The molecule has 0 aliphatic heterocycles. The molecule has 0 fully saturated rings. The topological polar surface area (TPSA) is 125 Å². The predicted octanol–water partition coefficient (Wildman–Crippen LogP) is 3.13. The van der Waals surface area contributed by atoms with Gasteiger partial charge in [-0.2, -0.15) is 0 Å². The molecular formula is C32H48N4O4. The smallest absolute Gasteiger partial charge is 0.226 e. The molecule has 3 amide bonds. The van der Waals surface area contributed by atoms with Crippen molar-refractivity contribution in [3.05, 3.63) is 70.8 Å². The number of aliphatic hydroxyl groups is 1. The van der Waals surface area contributed by atoms with Crippen LogP contribution in [0, 0.1) is 5.92 Å². The molecule has 5 N–H and O–H groups in total. The molecule has 0 heterocycles. The second-order valence-corrected chi connectivity index (χ2v) is 11.0. The van der Waals surface area contributed by atoms with Crippen LogP contribution in [-0.2, 0) is 40.2 Å². The van der Waals surface area contributed by atoms with Gasteiger partial charge in [0.1, 0.15) is 0 Å². The average Bonchev–Trinajstić information content (AvgIpc) is 2.88. The summed E-state index contributed by atoms with van der Waals surface area (Å²) in [6, 6.07) is 15.0. The Hall–Kier alpha value is -3.23. The zero-order valence-corrected chi connectivity index (χ0v) is 24.6. The first kappa shape index (κ1) is 33.0. The number of carbonyl (C=O) groups excluding carboxylic acids is 3. The molecule has 220 valence electrons. The first-order valence-corrected chi connectivity index (χ1v) is 14.5. The van der Waals surface area contributed by atoms with Crippen molar-refractivity contribution in [3.63, 3.8) is 0 Å². The summed E-state index contributed by atoms with van der Waals surface area (Å²) in [6.45, 7) is 10.6. The van der Waals surface area contributed by atoms with E-state index in [1.165, 1.54) is 0 Å². The van der Waals surface area contributed by atoms with Gasteiger partial charge in [-0.05, 0) is 47.4 Å². The summed E-state index contributed by atoms with van der Waals surface area (Å²) in [7, 11) is 0. The van der Waals surface area contributed by atoms with Crippen molar-refractivity contribution in [3.8, 4) is 0 Å². The van der Waals surface area contributed by atoms with E-state index in [-0.39, 0.29) is 37.0 Å². The van der Waals surface area contributed by atoms with Gasteiger partial charge in [0.05, 0.1) is 31.4 Å². The van der Waals surface area contributed by atoms with Crippen LogP contribution in [0.3, 0.4) is 0 Å². The molecule has 0 spiro atoms. The van der Waals surface area contributed by atoms with Crippen LogP contribution in [0.5, 0.6) is 0 Å². The largest absolute Gasteiger partial charge is 0.390 e. The number of carbonyl (C=O) groups is 3. The van der Waals surface area contributed by atoms with Crippen molar-refractivity contribution >= 4 is 17.7 Å². The van der Waals surface area contributed by atoms with Gasteiger partial charge in [-0.25, -0.2) is 0 Å². The molecule has 0 aliphatic rings. The Bertz CT molecular complexity index is 1070. The third kappa shape index (κ3) is 12.3. The maximum atomic E-state index is 13.1. The molecule has 0 saturated carbocycles. The van der Waals surface area contributed by atoms with Gasteiger partial charge in [-0.3, -0.25) is 14.4 Å². The molecule has 0 aromatic heterocycles. The molecule has 0 radical (unpaired) electrons. The maximum absolute atomic E-state index is 13.1. The van der Waals surface area contributed by atoms with Crippen LogP contribution in [0.1, 0.15) is 69.2 Å². The van der Waals surface area contributed by atoms with E-state index in [2.05, 4.69) is 24.5 Å². The number of rotatable bonds is 18. The number of nitrogens with zero attached hydrogens (tertiary/aromatic N) is 1. The minimum Gasteiger partial charge on any atom is -0.390 e. The van der Waals surface area contributed by atoms with Gasteiger partial charge in [-0.1, -0.05) is 76.2 Å². The van der Waals surface area contributed by atoms with Gasteiger partial charge >= 0.3 is 0 Å². The molecule has 2 rings (SSSR count). The molecule has 0 unspecified atom stereocenters. The molecule has 0 aliphatic carbocycles. The van der Waals surface area contributed by atoms with Gasteiger partial charge in [0.25, 0.3) is 0 Å². The Morgan fingerprint density at radius 3 is 2.00 bits per heavy atom. The quantitative estimate of drug-likeness (QED) is 0.226. The molecule has 40 heavy (non-hydrogen) atoms. The SMILES string of the molecule is CCCN(CCC)C(=O)Cc1cc(CC(N)=O)cc(CC(=O)N[C@@H](CC(C)C)[C@H](O)CNCc2ccccc2)c1. The fourth-order valence-corrected chi connectivity index (χ4v) is 4.90. The van der Waals surface area contributed by atoms with Crippen LogP contribution in [0.15, 0.2) is 48.5 Å². The Morgan fingerprint density at radius 2 is 1.45 bits per heavy atom. The minimum absolute atomic E-state index is 0.0263. The van der Waals surface area contributed by atoms with E-state index in [9.17, 15) is 19.5 Å². The number of benzene rings is 2. The van der Waals surface area contributed by atoms with Gasteiger partial charge < -0.3 is 26.4 Å². The zero-order chi connectivity index (χ0) is 29.5. The lowest BCUT2D eigenvalue weighted by atomic mass is 9.97. The first-order chi connectivity index (χ1) is 19.1. The number of hydrogen-bond acceptors (Lipinski definition) is 5. The number of nitrogens with one attached hydrogen (secondary N) is 2. The third-order valence-corrected chi connectivity index (χ3v) is 6.61. The Labute approximate surface area is 239 Å². The summed E-state index contributed by atoms with van der Waals surface area (Å²) in [5.41, 5.74) is 8.72. The van der Waals surface area contributed by atoms with Crippen LogP contribution in [-0.4, -0.2) is 59.5 Å². The van der Waals surface area contributed by atoms with E-state index in [4.69, 9.17) is 5.73 Å². The number of aliphatic hydroxyl groups excluding tert-OH is 1. The predicted molar refractivity (Wildman–Crippen MR) is 159 cm³/mol. The highest BCUT2D eigenvalue weighted by Crippen LogP contribution is 2.15. The highest BCUT2D eigenvalue weighted by atomic mass is 16.3. The van der Waals surface area contributed by atoms with E-state index >= 15 is 0 Å². The van der Waals surface area contributed by atoms with Crippen LogP contribution in [0.2, 0.25) is 0 Å². The third-order valence-electron chi connectivity index (χ3n) is 6.61. The molecule has 0 saturated heterocycles. The van der Waals surface area contributed by atoms with Crippen molar-refractivity contribution in [2.45, 2.75) is 84.9 Å². The fraction of sp³-hybridized carbons (Fsp3) is 0.531. The Kier molecular flexibility index (Phi) is 14.4. The van der Waals surface area contributed by atoms with E-state index in [1.807, 2.05) is 61.2 Å². The van der Waals surface area contributed by atoms with Crippen molar-refractivity contribution in [1.29, 1.82) is 0 Å². The second kappa shape index (κ2) is 17.5. The van der Waals surface area contributed by atoms with Gasteiger partial charge in [-0.15, -0.1) is 0 Å². The number of hydrogen-bond donors (Lipinski definition) is 4. The van der Waals surface area contributed by atoms with E-state index in [1.54, 1.807) is 6.07 Å². The summed E-state index contributed by atoms with van der Waals surface area (Å²) in [4.78, 5) is 39.6. The molecule has 2 aromatic carbocycles. The molecule has 2 aromatic rings. The average molecular weight is 553 g/mol. The van der Waals surface area contributed by atoms with E-state index < -0.39 is 18.1 Å². The Morgan fingerprint density at radius 1 is 0.875 bits per heavy atom. The van der Waals surface area contributed by atoms with E-state index in [0.29, 0.717) is 43.7 Å². The highest BCUT2D eigenvalue weighted by molar-refractivity contribution is 5.81. The summed E-state index contributed by atoms with van der Waals surface area (Å²) >= 11 is 0. The van der Waals surface area contributed by atoms with Crippen LogP contribution < -0.4 is 16.4 Å². The lowest BCUT2D eigenvalue weighted by Crippen LogP contribution is -2.48. The Balaban J connectivity index is 2.11. The molecule has 0 bridgehead atoms. The van der Waals surface area contributed by atoms with E-state index in [0.717, 1.165) is 24.0 Å². The second-order valence-electron chi connectivity index (χ2n) is 11.0. The number of nitrogens with two attached hydrogens (primary N) is 1. The zero-order valence-electron chi connectivity index (χ0n) is 24.6. The van der Waals surface area contributed by atoms with Crippen LogP contribution in [0.25, 0.3) is 0 Å². The highest BCUT2D eigenvalue weighted by Gasteiger charge is 2.23. The van der Waals surface area contributed by atoms with Gasteiger partial charge in [0.2, 0.25) is 17.7 Å². The lowest BCUT2D eigenvalue weighted by Gasteiger charge is -2.26. The standard InChI is InChI=1S/C32H48N4O4/c1-5-12-36(13-6-2)32(40)20-27-16-25(18-30(33)38)15-26(17-27)19-31(39)35-28(14-23(3)4)29(37)22-34-21-24-10-8-7-9-11-24/h7-11,15-17,23,28-29,34,37H,5-6,12-14,18-22H2,1-4H3,(H2,33,38)(H,35,39)/t28-,29+/m0/s1. The van der Waals surface area contributed by atoms with Gasteiger partial charge in [0, 0.05) is 26.2 Å². The van der Waals surface area contributed by atoms with Crippen molar-refractivity contribution in [2.24, 2.45) is 11.7 Å². The number of primary amides is 1. The summed E-state index contributed by atoms with van der Waals surface area (Å²) in [5, 5.41) is 17.2. The van der Waals surface area contributed by atoms with Crippen LogP contribution in [0.4, 0.5) is 0 Å². The number of amides is 3. The van der Waals surface area contributed by atoms with Gasteiger partial charge in [0.15, 0.2) is 0 Å². The van der Waals surface area contributed by atoms with Crippen molar-refractivity contribution < 1.29 is 19.5 Å². The van der Waals surface area contributed by atoms with Crippen molar-refractivity contribution in [2.75, 3.05) is 19.6 Å². The summed E-state index contributed by atoms with van der Waals surface area (Å²) in [5.74, 6) is -0.390. The lowest BCUT2D eigenvalue weighted by molar-refractivity contribution is -0.130. The molecule has 8 heteroatoms. The normalized spacial score (nSPS) is 12.7. The maximum Gasteiger partial charge on any atom is 0.226 e. The molecular weight excluding hydrogens is 504 g/mol. The van der Waals surface area contributed by atoms with Crippen molar-refractivity contribution in [1.82, 2.24) is 15.5 Å². The fourth-order valence-electron chi connectivity index (χ4n) is 4.90. The van der Waals surface area contributed by atoms with Crippen LogP contribution >= 0.6 is 0 Å².